The molecule has 2 atom stereocenters. The van der Waals surface area contributed by atoms with Crippen LogP contribution in [0.2, 0.25) is 0 Å². The van der Waals surface area contributed by atoms with Gasteiger partial charge in [0.1, 0.15) is 0 Å². The molecule has 0 unspecified atom stereocenters. The van der Waals surface area contributed by atoms with E-state index in [0.29, 0.717) is 6.04 Å². The van der Waals surface area contributed by atoms with E-state index in [2.05, 4.69) is 25.8 Å². The zero-order chi connectivity index (χ0) is 16.9. The normalized spacial score (nSPS) is 33.6. The van der Waals surface area contributed by atoms with E-state index in [-0.39, 0.29) is 11.6 Å². The van der Waals surface area contributed by atoms with Crippen LogP contribution >= 0.6 is 0 Å². The Morgan fingerprint density at radius 2 is 1.96 bits per heavy atom. The van der Waals surface area contributed by atoms with Crippen molar-refractivity contribution in [3.8, 4) is 0 Å². The first-order chi connectivity index (χ1) is 12.2. The summed E-state index contributed by atoms with van der Waals surface area (Å²) >= 11 is 0. The molecule has 0 bridgehead atoms. The molecule has 136 valence electrons. The number of β-amino-alcohol motifs (C(OH)–C–C–N with tert-alkyl or cyclic N) is 1. The third-order valence-corrected chi connectivity index (χ3v) is 6.95. The van der Waals surface area contributed by atoms with Gasteiger partial charge < -0.3 is 5.11 Å². The molecule has 1 spiro atoms. The second-order valence-electron chi connectivity index (χ2n) is 8.79. The Morgan fingerprint density at radius 1 is 1.12 bits per heavy atom. The Hall–Kier alpha value is -1.01. The fourth-order valence-electron chi connectivity index (χ4n) is 5.90. The van der Waals surface area contributed by atoms with Gasteiger partial charge in [0, 0.05) is 63.7 Å². The topological polar surface area (TPSA) is 42.8 Å². The molecular weight excluding hydrogens is 312 g/mol. The fraction of sp³-hybridized carbons (Fsp3) is 0.750. The Morgan fingerprint density at radius 3 is 2.72 bits per heavy atom. The quantitative estimate of drug-likeness (QED) is 0.898. The maximum absolute atomic E-state index is 10.3. The summed E-state index contributed by atoms with van der Waals surface area (Å²) in [6.45, 7) is 6.48. The molecule has 5 heteroatoms. The number of hydrogen-bond donors (Lipinski definition) is 1. The lowest BCUT2D eigenvalue weighted by Gasteiger charge is -2.62. The highest BCUT2D eigenvalue weighted by Gasteiger charge is 2.56. The molecule has 0 amide bonds. The minimum Gasteiger partial charge on any atom is -0.392 e. The number of aliphatic hydroxyl groups is 1. The van der Waals surface area contributed by atoms with Crippen LogP contribution in [0, 0.1) is 0 Å². The van der Waals surface area contributed by atoms with Crippen molar-refractivity contribution in [1.29, 1.82) is 0 Å². The standard InChI is InChI=1S/C20H30N4O/c25-19-8-18-11-22(10-16-4-3-7-21-9-16)13-20(24(18)12-19)14-23(15-20)17-5-1-2-6-17/h3-4,7,9,17-19,25H,1-2,5-6,8,10-15H2/t18-,19-/m1/s1. The van der Waals surface area contributed by atoms with Gasteiger partial charge in [0.2, 0.25) is 0 Å². The number of rotatable bonds is 3. The molecule has 4 fully saturated rings. The van der Waals surface area contributed by atoms with Crippen LogP contribution in [0.15, 0.2) is 24.5 Å². The molecule has 1 N–H and O–H groups in total. The van der Waals surface area contributed by atoms with Crippen molar-refractivity contribution in [2.75, 3.05) is 32.7 Å². The van der Waals surface area contributed by atoms with E-state index < -0.39 is 0 Å². The van der Waals surface area contributed by atoms with Gasteiger partial charge in [-0.2, -0.15) is 0 Å². The monoisotopic (exact) mass is 342 g/mol. The van der Waals surface area contributed by atoms with E-state index in [1.807, 2.05) is 18.5 Å². The summed E-state index contributed by atoms with van der Waals surface area (Å²) in [4.78, 5) is 12.3. The summed E-state index contributed by atoms with van der Waals surface area (Å²) in [5.41, 5.74) is 1.57. The molecule has 1 saturated carbocycles. The van der Waals surface area contributed by atoms with Gasteiger partial charge in [0.15, 0.2) is 0 Å². The molecule has 5 rings (SSSR count). The molecule has 1 aliphatic carbocycles. The highest BCUT2D eigenvalue weighted by Crippen LogP contribution is 2.41. The fourth-order valence-corrected chi connectivity index (χ4v) is 5.90. The molecule has 1 aromatic heterocycles. The second kappa shape index (κ2) is 6.31. The van der Waals surface area contributed by atoms with Crippen molar-refractivity contribution >= 4 is 0 Å². The van der Waals surface area contributed by atoms with Crippen molar-refractivity contribution < 1.29 is 5.11 Å². The largest absolute Gasteiger partial charge is 0.392 e. The molecule has 0 aromatic carbocycles. The molecule has 3 saturated heterocycles. The van der Waals surface area contributed by atoms with E-state index in [4.69, 9.17) is 0 Å². The van der Waals surface area contributed by atoms with Gasteiger partial charge in [-0.1, -0.05) is 18.9 Å². The van der Waals surface area contributed by atoms with E-state index >= 15 is 0 Å². The first-order valence-electron chi connectivity index (χ1n) is 10.0. The van der Waals surface area contributed by atoms with Crippen LogP contribution in [0.4, 0.5) is 0 Å². The molecule has 4 aliphatic rings. The van der Waals surface area contributed by atoms with Gasteiger partial charge in [-0.25, -0.2) is 0 Å². The summed E-state index contributed by atoms with van der Waals surface area (Å²) < 4.78 is 0. The van der Waals surface area contributed by atoms with Crippen molar-refractivity contribution in [2.45, 2.75) is 62.4 Å². The predicted octanol–water partition coefficient (Wildman–Crippen LogP) is 1.33. The lowest BCUT2D eigenvalue weighted by Crippen LogP contribution is -2.78. The van der Waals surface area contributed by atoms with Gasteiger partial charge in [-0.15, -0.1) is 0 Å². The minimum atomic E-state index is -0.138. The average molecular weight is 342 g/mol. The zero-order valence-corrected chi connectivity index (χ0v) is 15.1. The predicted molar refractivity (Wildman–Crippen MR) is 97.2 cm³/mol. The molecular formula is C20H30N4O. The Kier molecular flexibility index (Phi) is 4.08. The molecule has 4 heterocycles. The third-order valence-electron chi connectivity index (χ3n) is 6.95. The molecule has 25 heavy (non-hydrogen) atoms. The number of fused-ring (bicyclic) bond motifs is 2. The van der Waals surface area contributed by atoms with Crippen LogP contribution in [0.25, 0.3) is 0 Å². The Balaban J connectivity index is 1.32. The number of likely N-dealkylation sites (tertiary alicyclic amines) is 1. The van der Waals surface area contributed by atoms with E-state index in [9.17, 15) is 5.11 Å². The summed E-state index contributed by atoms with van der Waals surface area (Å²) in [5.74, 6) is 0. The molecule has 5 nitrogen and oxygen atoms in total. The smallest absolute Gasteiger partial charge is 0.0682 e. The van der Waals surface area contributed by atoms with Gasteiger partial charge >= 0.3 is 0 Å². The number of aliphatic hydroxyl groups excluding tert-OH is 1. The minimum absolute atomic E-state index is 0.138. The summed E-state index contributed by atoms with van der Waals surface area (Å²) in [6, 6.07) is 5.56. The maximum atomic E-state index is 10.3. The first-order valence-corrected chi connectivity index (χ1v) is 10.0. The van der Waals surface area contributed by atoms with Gasteiger partial charge in [-0.05, 0) is 30.9 Å². The summed E-state index contributed by atoms with van der Waals surface area (Å²) in [6.07, 6.45) is 10.2. The lowest BCUT2D eigenvalue weighted by molar-refractivity contribution is -0.127. The lowest BCUT2D eigenvalue weighted by atomic mass is 9.82. The van der Waals surface area contributed by atoms with E-state index in [0.717, 1.165) is 38.6 Å². The van der Waals surface area contributed by atoms with E-state index in [1.54, 1.807) is 0 Å². The Labute approximate surface area is 150 Å². The summed E-state index contributed by atoms with van der Waals surface area (Å²) in [7, 11) is 0. The molecule has 3 aliphatic heterocycles. The van der Waals surface area contributed by atoms with Gasteiger partial charge in [0.25, 0.3) is 0 Å². The zero-order valence-electron chi connectivity index (χ0n) is 15.1. The van der Waals surface area contributed by atoms with Crippen molar-refractivity contribution in [1.82, 2.24) is 19.7 Å². The number of piperazine rings is 1. The highest BCUT2D eigenvalue weighted by atomic mass is 16.3. The summed E-state index contributed by atoms with van der Waals surface area (Å²) in [5, 5.41) is 10.3. The second-order valence-corrected chi connectivity index (χ2v) is 8.79. The number of nitrogens with zero attached hydrogens (tertiary/aromatic N) is 4. The third kappa shape index (κ3) is 2.91. The maximum Gasteiger partial charge on any atom is 0.0682 e. The van der Waals surface area contributed by atoms with Crippen LogP contribution in [0.1, 0.15) is 37.7 Å². The van der Waals surface area contributed by atoms with Crippen molar-refractivity contribution in [2.24, 2.45) is 0 Å². The SMILES string of the molecule is O[C@@H]1C[C@@H]2CN(Cc3cccnc3)CC3(CN(C4CCCC4)C3)N2C1. The number of hydrogen-bond acceptors (Lipinski definition) is 5. The highest BCUT2D eigenvalue weighted by molar-refractivity contribution is 5.16. The van der Waals surface area contributed by atoms with Crippen LogP contribution in [-0.4, -0.2) is 81.2 Å². The van der Waals surface area contributed by atoms with Gasteiger partial charge in [0.05, 0.1) is 11.6 Å². The van der Waals surface area contributed by atoms with Crippen LogP contribution in [0.5, 0.6) is 0 Å². The first kappa shape index (κ1) is 16.2. The molecule has 0 radical (unpaired) electrons. The Bertz CT molecular complexity index is 597. The number of aromatic nitrogens is 1. The average Bonchev–Trinajstić information content (AvgIpc) is 3.21. The van der Waals surface area contributed by atoms with E-state index in [1.165, 1.54) is 44.3 Å². The number of pyridine rings is 1. The van der Waals surface area contributed by atoms with Gasteiger partial charge in [-0.3, -0.25) is 19.7 Å². The van der Waals surface area contributed by atoms with Crippen LogP contribution < -0.4 is 0 Å². The van der Waals surface area contributed by atoms with Crippen molar-refractivity contribution in [3.63, 3.8) is 0 Å². The van der Waals surface area contributed by atoms with Crippen LogP contribution in [-0.2, 0) is 6.54 Å². The molecule has 1 aromatic rings. The van der Waals surface area contributed by atoms with Crippen LogP contribution in [0.3, 0.4) is 0 Å². The van der Waals surface area contributed by atoms with Crippen molar-refractivity contribution in [3.05, 3.63) is 30.1 Å².